The number of aliphatic hydroxyl groups excluding tert-OH is 1. The van der Waals surface area contributed by atoms with Gasteiger partial charge in [-0.2, -0.15) is 0 Å². The van der Waals surface area contributed by atoms with Gasteiger partial charge in [0.15, 0.2) is 0 Å². The first-order valence-corrected chi connectivity index (χ1v) is 9.64. The van der Waals surface area contributed by atoms with E-state index in [2.05, 4.69) is 34.0 Å². The molecule has 2 aromatic heterocycles. The molecule has 28 heavy (non-hydrogen) atoms. The summed E-state index contributed by atoms with van der Waals surface area (Å²) < 4.78 is 11.4. The molecule has 4 rings (SSSR count). The molecule has 2 N–H and O–H groups in total. The SMILES string of the molecule is COc1ccc2oc(C(C)Nc3cc(N4CCCC4CO)ncn3)c(C)c2c1. The standard InChI is InChI=1S/C21H26N4O3/c1-13-17-9-16(27-3)6-7-18(17)28-21(13)14(2)24-19-10-20(23-12-22-19)25-8-4-5-15(25)11-26/h6-7,9-10,12,14-15,26H,4-5,8,11H2,1-3H3,(H,22,23,24). The molecule has 0 amide bonds. The number of furan rings is 1. The Bertz CT molecular complexity index is 971. The van der Waals surface area contributed by atoms with Crippen molar-refractivity contribution in [1.29, 1.82) is 0 Å². The number of aromatic nitrogens is 2. The Morgan fingerprint density at radius 3 is 3.00 bits per heavy atom. The van der Waals surface area contributed by atoms with Crippen LogP contribution in [0.15, 0.2) is 35.0 Å². The highest BCUT2D eigenvalue weighted by atomic mass is 16.5. The van der Waals surface area contributed by atoms with Gasteiger partial charge >= 0.3 is 0 Å². The van der Waals surface area contributed by atoms with E-state index in [1.807, 2.05) is 24.3 Å². The normalized spacial score (nSPS) is 17.9. The number of fused-ring (bicyclic) bond motifs is 1. The molecule has 1 fully saturated rings. The molecule has 1 saturated heterocycles. The maximum atomic E-state index is 9.58. The fourth-order valence-corrected chi connectivity index (χ4v) is 3.96. The summed E-state index contributed by atoms with van der Waals surface area (Å²) in [6.45, 7) is 5.16. The van der Waals surface area contributed by atoms with Gasteiger partial charge in [0.1, 0.15) is 35.1 Å². The molecule has 2 unspecified atom stereocenters. The Balaban J connectivity index is 1.57. The lowest BCUT2D eigenvalue weighted by atomic mass is 10.1. The van der Waals surface area contributed by atoms with Crippen LogP contribution in [0.3, 0.4) is 0 Å². The van der Waals surface area contributed by atoms with Crippen molar-refractivity contribution in [2.75, 3.05) is 30.5 Å². The lowest BCUT2D eigenvalue weighted by molar-refractivity contribution is 0.266. The Morgan fingerprint density at radius 2 is 2.21 bits per heavy atom. The van der Waals surface area contributed by atoms with Crippen molar-refractivity contribution >= 4 is 22.6 Å². The Kier molecular flexibility index (Phi) is 5.09. The number of hydrogen-bond acceptors (Lipinski definition) is 7. The molecule has 1 aliphatic rings. The molecule has 0 spiro atoms. The minimum Gasteiger partial charge on any atom is -0.497 e. The summed E-state index contributed by atoms with van der Waals surface area (Å²) in [4.78, 5) is 10.9. The third-order valence-corrected chi connectivity index (χ3v) is 5.47. The zero-order valence-electron chi connectivity index (χ0n) is 16.5. The largest absolute Gasteiger partial charge is 0.497 e. The second kappa shape index (κ2) is 7.67. The molecule has 7 nitrogen and oxygen atoms in total. The van der Waals surface area contributed by atoms with Crippen LogP contribution in [0.1, 0.15) is 37.1 Å². The average molecular weight is 382 g/mol. The van der Waals surface area contributed by atoms with E-state index in [0.717, 1.165) is 59.1 Å². The van der Waals surface area contributed by atoms with Gasteiger partial charge < -0.3 is 24.5 Å². The van der Waals surface area contributed by atoms with E-state index in [1.54, 1.807) is 13.4 Å². The zero-order valence-corrected chi connectivity index (χ0v) is 16.5. The van der Waals surface area contributed by atoms with Gasteiger partial charge in [0.2, 0.25) is 0 Å². The molecule has 7 heteroatoms. The predicted molar refractivity (Wildman–Crippen MR) is 109 cm³/mol. The van der Waals surface area contributed by atoms with Gasteiger partial charge in [-0.05, 0) is 44.9 Å². The van der Waals surface area contributed by atoms with Crippen molar-refractivity contribution < 1.29 is 14.3 Å². The van der Waals surface area contributed by atoms with Gasteiger partial charge in [-0.1, -0.05) is 0 Å². The number of anilines is 2. The first-order chi connectivity index (χ1) is 13.6. The van der Waals surface area contributed by atoms with Crippen LogP contribution in [-0.4, -0.2) is 41.4 Å². The number of aliphatic hydroxyl groups is 1. The number of hydrogen-bond donors (Lipinski definition) is 2. The van der Waals surface area contributed by atoms with Gasteiger partial charge in [0.25, 0.3) is 0 Å². The summed E-state index contributed by atoms with van der Waals surface area (Å²) >= 11 is 0. The van der Waals surface area contributed by atoms with E-state index in [-0.39, 0.29) is 18.7 Å². The topological polar surface area (TPSA) is 83.7 Å². The van der Waals surface area contributed by atoms with Crippen LogP contribution in [0.4, 0.5) is 11.6 Å². The fourth-order valence-electron chi connectivity index (χ4n) is 3.96. The molecule has 2 atom stereocenters. The highest BCUT2D eigenvalue weighted by Gasteiger charge is 2.25. The smallest absolute Gasteiger partial charge is 0.134 e. The van der Waals surface area contributed by atoms with Crippen LogP contribution in [0.25, 0.3) is 11.0 Å². The zero-order chi connectivity index (χ0) is 19.7. The summed E-state index contributed by atoms with van der Waals surface area (Å²) in [6.07, 6.45) is 3.62. The molecular formula is C21H26N4O3. The average Bonchev–Trinajstić information content (AvgIpc) is 3.32. The van der Waals surface area contributed by atoms with Crippen LogP contribution in [-0.2, 0) is 0 Å². The van der Waals surface area contributed by atoms with E-state index in [1.165, 1.54) is 0 Å². The summed E-state index contributed by atoms with van der Waals surface area (Å²) in [5.41, 5.74) is 1.93. The Hall–Kier alpha value is -2.80. The number of nitrogens with one attached hydrogen (secondary N) is 1. The number of nitrogens with zero attached hydrogens (tertiary/aromatic N) is 3. The molecular weight excluding hydrogens is 356 g/mol. The van der Waals surface area contributed by atoms with Crippen molar-refractivity contribution in [2.24, 2.45) is 0 Å². The number of benzene rings is 1. The highest BCUT2D eigenvalue weighted by molar-refractivity contribution is 5.83. The quantitative estimate of drug-likeness (QED) is 0.673. The maximum Gasteiger partial charge on any atom is 0.134 e. The molecule has 1 aliphatic heterocycles. The van der Waals surface area contributed by atoms with E-state index in [9.17, 15) is 5.11 Å². The fraction of sp³-hybridized carbons (Fsp3) is 0.429. The second-order valence-corrected chi connectivity index (χ2v) is 7.25. The van der Waals surface area contributed by atoms with Crippen molar-refractivity contribution in [3.63, 3.8) is 0 Å². The van der Waals surface area contributed by atoms with E-state index < -0.39 is 0 Å². The summed E-state index contributed by atoms with van der Waals surface area (Å²) in [7, 11) is 1.66. The molecule has 0 aliphatic carbocycles. The van der Waals surface area contributed by atoms with Gasteiger partial charge in [0, 0.05) is 23.6 Å². The highest BCUT2D eigenvalue weighted by Crippen LogP contribution is 2.33. The first kappa shape index (κ1) is 18.6. The number of rotatable bonds is 6. The molecule has 0 bridgehead atoms. The Morgan fingerprint density at radius 1 is 1.36 bits per heavy atom. The third kappa shape index (κ3) is 3.38. The maximum absolute atomic E-state index is 9.58. The van der Waals surface area contributed by atoms with E-state index in [0.29, 0.717) is 0 Å². The number of aryl methyl sites for hydroxylation is 1. The van der Waals surface area contributed by atoms with Crippen LogP contribution < -0.4 is 15.0 Å². The van der Waals surface area contributed by atoms with Crippen molar-refractivity contribution in [2.45, 2.75) is 38.8 Å². The number of ether oxygens (including phenoxy) is 1. The number of methoxy groups -OCH3 is 1. The van der Waals surface area contributed by atoms with Gasteiger partial charge in [0.05, 0.1) is 25.8 Å². The molecule has 0 saturated carbocycles. The molecule has 1 aromatic carbocycles. The minimum absolute atomic E-state index is 0.0617. The summed E-state index contributed by atoms with van der Waals surface area (Å²) in [6, 6.07) is 7.84. The monoisotopic (exact) mass is 382 g/mol. The van der Waals surface area contributed by atoms with Crippen LogP contribution in [0.5, 0.6) is 5.75 Å². The van der Waals surface area contributed by atoms with Crippen molar-refractivity contribution in [1.82, 2.24) is 9.97 Å². The van der Waals surface area contributed by atoms with Crippen LogP contribution >= 0.6 is 0 Å². The lowest BCUT2D eigenvalue weighted by Crippen LogP contribution is -2.32. The van der Waals surface area contributed by atoms with E-state index in [4.69, 9.17) is 9.15 Å². The lowest BCUT2D eigenvalue weighted by Gasteiger charge is -2.24. The van der Waals surface area contributed by atoms with Crippen molar-refractivity contribution in [3.8, 4) is 5.75 Å². The van der Waals surface area contributed by atoms with Gasteiger partial charge in [-0.3, -0.25) is 0 Å². The van der Waals surface area contributed by atoms with Crippen LogP contribution in [0.2, 0.25) is 0 Å². The van der Waals surface area contributed by atoms with Gasteiger partial charge in [-0.25, -0.2) is 9.97 Å². The van der Waals surface area contributed by atoms with Crippen molar-refractivity contribution in [3.05, 3.63) is 41.9 Å². The predicted octanol–water partition coefficient (Wildman–Crippen LogP) is 3.67. The van der Waals surface area contributed by atoms with E-state index >= 15 is 0 Å². The minimum atomic E-state index is -0.0617. The molecule has 0 radical (unpaired) electrons. The first-order valence-electron chi connectivity index (χ1n) is 9.64. The molecule has 3 heterocycles. The molecule has 3 aromatic rings. The molecule has 148 valence electrons. The van der Waals surface area contributed by atoms with Crippen LogP contribution in [0, 0.1) is 6.92 Å². The second-order valence-electron chi connectivity index (χ2n) is 7.25. The summed E-state index contributed by atoms with van der Waals surface area (Å²) in [5, 5.41) is 14.0. The van der Waals surface area contributed by atoms with Gasteiger partial charge in [-0.15, -0.1) is 0 Å². The third-order valence-electron chi connectivity index (χ3n) is 5.47. The summed E-state index contributed by atoms with van der Waals surface area (Å²) in [5.74, 6) is 3.26. The Labute approximate surface area is 164 Å².